The lowest BCUT2D eigenvalue weighted by Crippen LogP contribution is -2.13. The molecule has 0 saturated carbocycles. The molecule has 0 bridgehead atoms. The van der Waals surface area contributed by atoms with Crippen LogP contribution in [0.1, 0.15) is 6.92 Å². The zero-order valence-corrected chi connectivity index (χ0v) is 14.1. The van der Waals surface area contributed by atoms with Gasteiger partial charge in [0.15, 0.2) is 11.5 Å². The molecule has 3 aromatic rings. The summed E-state index contributed by atoms with van der Waals surface area (Å²) >= 11 is 0. The van der Waals surface area contributed by atoms with Crippen LogP contribution in [-0.2, 0) is 4.79 Å². The van der Waals surface area contributed by atoms with Crippen LogP contribution in [-0.4, -0.2) is 20.6 Å². The number of amides is 1. The summed E-state index contributed by atoms with van der Waals surface area (Å²) in [4.78, 5) is 34.4. The van der Waals surface area contributed by atoms with Gasteiger partial charge in [0.2, 0.25) is 5.91 Å². The Morgan fingerprint density at radius 3 is 2.56 bits per heavy atom. The molecule has 2 N–H and O–H groups in total. The summed E-state index contributed by atoms with van der Waals surface area (Å²) in [6.07, 6.45) is 0. The maximum Gasteiger partial charge on any atom is 0.301 e. The Morgan fingerprint density at radius 1 is 1.15 bits per heavy atom. The molecule has 1 aromatic heterocycles. The van der Waals surface area contributed by atoms with Crippen LogP contribution in [0.25, 0.3) is 5.69 Å². The number of hydrogen-bond acceptors (Lipinski definition) is 6. The molecule has 10 heteroatoms. The molecule has 0 unspecified atom stereocenters. The van der Waals surface area contributed by atoms with E-state index in [9.17, 15) is 19.7 Å². The Hall–Kier alpha value is -4.08. The lowest BCUT2D eigenvalue weighted by atomic mass is 10.3. The van der Waals surface area contributed by atoms with Crippen LogP contribution < -0.4 is 10.9 Å². The average Bonchev–Trinajstić information content (AvgIpc) is 2.96. The van der Waals surface area contributed by atoms with Crippen molar-refractivity contribution in [3.05, 3.63) is 75.1 Å². The van der Waals surface area contributed by atoms with Gasteiger partial charge in [0.25, 0.3) is 5.69 Å². The third-order valence-electron chi connectivity index (χ3n) is 3.49. The minimum absolute atomic E-state index is 0.0746. The largest absolute Gasteiger partial charge is 0.309 e. The number of anilines is 1. The van der Waals surface area contributed by atoms with Crippen LogP contribution in [0.2, 0.25) is 0 Å². The van der Waals surface area contributed by atoms with Crippen LogP contribution in [0.4, 0.5) is 22.9 Å². The fraction of sp³-hybridized carbons (Fsp3) is 0.0588. The number of nitrogens with zero attached hydrogens (tertiary/aromatic N) is 4. The quantitative estimate of drug-likeness (QED) is 0.406. The highest BCUT2D eigenvalue weighted by molar-refractivity contribution is 5.90. The van der Waals surface area contributed by atoms with Crippen LogP contribution in [0.5, 0.6) is 0 Å². The van der Waals surface area contributed by atoms with Crippen molar-refractivity contribution in [3.63, 3.8) is 0 Å². The molecule has 0 aliphatic rings. The number of rotatable bonds is 5. The number of benzene rings is 2. The van der Waals surface area contributed by atoms with Crippen molar-refractivity contribution in [1.29, 1.82) is 0 Å². The fourth-order valence-corrected chi connectivity index (χ4v) is 2.32. The highest BCUT2D eigenvalue weighted by Gasteiger charge is 2.16. The Labute approximate surface area is 152 Å². The number of para-hydroxylation sites is 1. The number of non-ortho nitro benzene ring substituents is 1. The van der Waals surface area contributed by atoms with Crippen LogP contribution >= 0.6 is 0 Å². The van der Waals surface area contributed by atoms with Crippen molar-refractivity contribution in [1.82, 2.24) is 9.78 Å². The topological polar surface area (TPSA) is 135 Å². The zero-order chi connectivity index (χ0) is 19.4. The van der Waals surface area contributed by atoms with Crippen LogP contribution in [0, 0.1) is 10.1 Å². The summed E-state index contributed by atoms with van der Waals surface area (Å²) in [7, 11) is 0. The Balaban J connectivity index is 2.04. The normalized spacial score (nSPS) is 10.9. The van der Waals surface area contributed by atoms with E-state index < -0.39 is 16.4 Å². The monoisotopic (exact) mass is 366 g/mol. The second-order valence-electron chi connectivity index (χ2n) is 5.47. The molecule has 0 atom stereocenters. The Morgan fingerprint density at radius 2 is 1.89 bits per heavy atom. The van der Waals surface area contributed by atoms with Gasteiger partial charge in [0.1, 0.15) is 0 Å². The highest BCUT2D eigenvalue weighted by atomic mass is 16.6. The molecular weight excluding hydrogens is 352 g/mol. The highest BCUT2D eigenvalue weighted by Crippen LogP contribution is 2.25. The Kier molecular flexibility index (Phi) is 4.88. The molecule has 0 aliphatic heterocycles. The molecule has 0 fully saturated rings. The van der Waals surface area contributed by atoms with Crippen molar-refractivity contribution in [2.75, 3.05) is 5.32 Å². The molecule has 10 nitrogen and oxygen atoms in total. The van der Waals surface area contributed by atoms with Crippen LogP contribution in [0.15, 0.2) is 69.6 Å². The predicted octanol–water partition coefficient (Wildman–Crippen LogP) is 3.45. The number of carbonyl (C=O) groups excluding carboxylic acids is 1. The molecule has 1 amide bonds. The van der Waals surface area contributed by atoms with Gasteiger partial charge in [-0.1, -0.05) is 24.3 Å². The van der Waals surface area contributed by atoms with Crippen molar-refractivity contribution < 1.29 is 9.72 Å². The van der Waals surface area contributed by atoms with E-state index in [2.05, 4.69) is 20.6 Å². The molecule has 0 radical (unpaired) electrons. The molecule has 2 aromatic carbocycles. The molecule has 3 rings (SSSR count). The van der Waals surface area contributed by atoms with Crippen molar-refractivity contribution in [2.24, 2.45) is 10.2 Å². The first-order valence-corrected chi connectivity index (χ1v) is 7.80. The summed E-state index contributed by atoms with van der Waals surface area (Å²) in [5.41, 5.74) is -0.0558. The van der Waals surface area contributed by atoms with Gasteiger partial charge in [-0.2, -0.15) is 0 Å². The van der Waals surface area contributed by atoms with E-state index >= 15 is 0 Å². The molecule has 1 heterocycles. The van der Waals surface area contributed by atoms with Gasteiger partial charge in [-0.05, 0) is 18.2 Å². The maximum atomic E-state index is 12.7. The van der Waals surface area contributed by atoms with E-state index in [-0.39, 0.29) is 22.9 Å². The summed E-state index contributed by atoms with van der Waals surface area (Å²) < 4.78 is 1.22. The number of nitro benzene ring substituents is 1. The second-order valence-corrected chi connectivity index (χ2v) is 5.47. The van der Waals surface area contributed by atoms with E-state index in [4.69, 9.17) is 0 Å². The first-order chi connectivity index (χ1) is 13.0. The van der Waals surface area contributed by atoms with Gasteiger partial charge in [0.05, 0.1) is 16.3 Å². The van der Waals surface area contributed by atoms with E-state index in [1.165, 1.54) is 35.9 Å². The summed E-state index contributed by atoms with van der Waals surface area (Å²) in [5.74, 6) is -0.325. The third kappa shape index (κ3) is 3.95. The van der Waals surface area contributed by atoms with Crippen molar-refractivity contribution >= 4 is 28.8 Å². The molecule has 136 valence electrons. The minimum atomic E-state index is -0.555. The maximum absolute atomic E-state index is 12.7. The van der Waals surface area contributed by atoms with E-state index in [1.807, 2.05) is 0 Å². The number of nitrogens with one attached hydrogen (secondary N) is 2. The summed E-state index contributed by atoms with van der Waals surface area (Å²) in [6.45, 7) is 1.29. The second kappa shape index (κ2) is 7.44. The lowest BCUT2D eigenvalue weighted by Gasteiger charge is -2.01. The molecule has 27 heavy (non-hydrogen) atoms. The standard InChI is InChI=1S/C17H14N6O4/c1-11(24)18-16-15(17(25)22(21-16)13-7-3-2-4-8-13)20-19-12-6-5-9-14(10-12)23(26)27/h2-10,21H,1H3,(H,18,24). The van der Waals surface area contributed by atoms with Gasteiger partial charge in [-0.15, -0.1) is 10.2 Å². The van der Waals surface area contributed by atoms with E-state index in [0.29, 0.717) is 5.69 Å². The van der Waals surface area contributed by atoms with Gasteiger partial charge < -0.3 is 5.32 Å². The zero-order valence-electron chi connectivity index (χ0n) is 14.1. The van der Waals surface area contributed by atoms with Crippen molar-refractivity contribution in [2.45, 2.75) is 6.92 Å². The SMILES string of the molecule is CC(=O)Nc1[nH]n(-c2ccccc2)c(=O)c1N=Nc1cccc([N+](=O)[O-])c1. The van der Waals surface area contributed by atoms with E-state index in [1.54, 1.807) is 30.3 Å². The number of carbonyl (C=O) groups is 1. The van der Waals surface area contributed by atoms with Crippen LogP contribution in [0.3, 0.4) is 0 Å². The molecule has 0 aliphatic carbocycles. The third-order valence-corrected chi connectivity index (χ3v) is 3.49. The number of nitro groups is 1. The summed E-state index contributed by atoms with van der Waals surface area (Å²) in [6, 6.07) is 14.2. The number of hydrogen-bond donors (Lipinski definition) is 2. The van der Waals surface area contributed by atoms with Crippen molar-refractivity contribution in [3.8, 4) is 5.69 Å². The average molecular weight is 366 g/mol. The predicted molar refractivity (Wildman–Crippen MR) is 98.0 cm³/mol. The summed E-state index contributed by atoms with van der Waals surface area (Å²) in [5, 5.41) is 23.9. The fourth-order valence-electron chi connectivity index (χ4n) is 2.32. The van der Waals surface area contributed by atoms with Gasteiger partial charge in [-0.3, -0.25) is 24.8 Å². The number of aromatic nitrogens is 2. The van der Waals surface area contributed by atoms with E-state index in [0.717, 1.165) is 0 Å². The number of azo groups is 1. The minimum Gasteiger partial charge on any atom is -0.309 e. The molecular formula is C17H14N6O4. The Bertz CT molecular complexity index is 1080. The smallest absolute Gasteiger partial charge is 0.301 e. The number of aromatic amines is 1. The first-order valence-electron chi connectivity index (χ1n) is 7.80. The molecule has 0 saturated heterocycles. The molecule has 0 spiro atoms. The number of H-pyrrole nitrogens is 1. The van der Waals surface area contributed by atoms with Gasteiger partial charge in [-0.25, -0.2) is 4.68 Å². The first kappa shape index (κ1) is 17.7. The lowest BCUT2D eigenvalue weighted by molar-refractivity contribution is -0.384. The van der Waals surface area contributed by atoms with Gasteiger partial charge >= 0.3 is 5.56 Å². The van der Waals surface area contributed by atoms with Gasteiger partial charge in [0, 0.05) is 19.1 Å².